The number of pyridine rings is 1. The quantitative estimate of drug-likeness (QED) is 0.0752. The van der Waals surface area contributed by atoms with Crippen LogP contribution in [0.4, 0.5) is 11.5 Å². The molecular weight excluding hydrogens is 691 g/mol. The molecule has 3 N–H and O–H groups in total. The third-order valence-corrected chi connectivity index (χ3v) is 10.8. The smallest absolute Gasteiger partial charge is 0.287 e. The predicted molar refractivity (Wildman–Crippen MR) is 192 cm³/mol. The molecule has 0 fully saturated rings. The number of allylic oxidation sites excluding steroid dienone is 1. The normalized spacial score (nSPS) is 16.3. The van der Waals surface area contributed by atoms with Gasteiger partial charge in [0.1, 0.15) is 17.8 Å². The van der Waals surface area contributed by atoms with Crippen molar-refractivity contribution < 1.29 is 37.5 Å². The Bertz CT molecular complexity index is 2040. The number of benzene rings is 3. The van der Waals surface area contributed by atoms with E-state index in [1.54, 1.807) is 18.2 Å². The number of fused-ring (bicyclic) bond motifs is 3. The summed E-state index contributed by atoms with van der Waals surface area (Å²) >= 11 is 0. The van der Waals surface area contributed by atoms with E-state index in [0.29, 0.717) is 24.5 Å². The van der Waals surface area contributed by atoms with Crippen molar-refractivity contribution in [2.45, 2.75) is 29.9 Å². The van der Waals surface area contributed by atoms with Crippen molar-refractivity contribution in [1.29, 1.82) is 0 Å². The zero-order valence-corrected chi connectivity index (χ0v) is 29.3. The molecule has 6 rings (SSSR count). The number of carbonyl (C=O) groups is 1. The summed E-state index contributed by atoms with van der Waals surface area (Å²) in [6, 6.07) is 23.2. The molecule has 2 heterocycles. The Balaban J connectivity index is 1.16. The molecule has 52 heavy (non-hydrogen) atoms. The molecule has 4 aromatic rings. The van der Waals surface area contributed by atoms with Gasteiger partial charge in [0.15, 0.2) is 5.76 Å². The molecule has 0 saturated heterocycles. The summed E-state index contributed by atoms with van der Waals surface area (Å²) in [6.07, 6.45) is 3.20. The van der Waals surface area contributed by atoms with Gasteiger partial charge in [-0.05, 0) is 70.6 Å². The van der Waals surface area contributed by atoms with Crippen LogP contribution in [0.5, 0.6) is 5.75 Å². The molecule has 0 saturated carbocycles. The van der Waals surface area contributed by atoms with Crippen LogP contribution in [-0.4, -0.2) is 86.4 Å². The number of rotatable bonds is 16. The summed E-state index contributed by atoms with van der Waals surface area (Å²) in [5, 5.41) is 26.4. The fourth-order valence-electron chi connectivity index (χ4n) is 6.36. The molecule has 14 nitrogen and oxygen atoms in total. The van der Waals surface area contributed by atoms with Crippen molar-refractivity contribution in [2.24, 2.45) is 0 Å². The predicted octanol–water partition coefficient (Wildman–Crippen LogP) is 4.21. The zero-order chi connectivity index (χ0) is 36.7. The van der Waals surface area contributed by atoms with Gasteiger partial charge in [0.25, 0.3) is 11.6 Å². The van der Waals surface area contributed by atoms with Crippen LogP contribution in [0.25, 0.3) is 11.1 Å². The van der Waals surface area contributed by atoms with Crippen LogP contribution in [0.1, 0.15) is 29.0 Å². The van der Waals surface area contributed by atoms with E-state index in [4.69, 9.17) is 14.2 Å². The lowest BCUT2D eigenvalue weighted by molar-refractivity contribution is -0.385. The van der Waals surface area contributed by atoms with Crippen molar-refractivity contribution >= 4 is 27.4 Å². The van der Waals surface area contributed by atoms with E-state index >= 15 is 0 Å². The maximum absolute atomic E-state index is 13.5. The van der Waals surface area contributed by atoms with Crippen LogP contribution in [-0.2, 0) is 30.7 Å². The Morgan fingerprint density at radius 3 is 2.56 bits per heavy atom. The Morgan fingerprint density at radius 1 is 1.04 bits per heavy atom. The molecular formula is C37H39N5O9S. The number of carbonyl (C=O) groups excluding carboxylic acids is 1. The molecule has 0 spiro atoms. The second-order valence-corrected chi connectivity index (χ2v) is 14.1. The minimum Gasteiger partial charge on any atom is -0.497 e. The van der Waals surface area contributed by atoms with Crippen molar-refractivity contribution in [3.63, 3.8) is 0 Å². The van der Waals surface area contributed by atoms with Gasteiger partial charge in [0.2, 0.25) is 16.3 Å². The molecule has 272 valence electrons. The first-order valence-corrected chi connectivity index (χ1v) is 18.2. The number of methoxy groups -OCH3 is 1. The number of aliphatic hydroxyl groups excluding tert-OH is 1. The number of nitrogens with zero attached hydrogens (tertiary/aromatic N) is 3. The molecule has 2 unspecified atom stereocenters. The van der Waals surface area contributed by atoms with Crippen LogP contribution in [0.3, 0.4) is 0 Å². The number of anilines is 1. The van der Waals surface area contributed by atoms with E-state index in [0.717, 1.165) is 28.0 Å². The number of nitrogens with one attached hydrogen (secondary N) is 2. The van der Waals surface area contributed by atoms with E-state index < -0.39 is 27.1 Å². The van der Waals surface area contributed by atoms with E-state index in [1.165, 1.54) is 48.1 Å². The van der Waals surface area contributed by atoms with Gasteiger partial charge in [0.05, 0.1) is 30.1 Å². The highest BCUT2D eigenvalue weighted by Gasteiger charge is 2.32. The highest BCUT2D eigenvalue weighted by Crippen LogP contribution is 2.43. The molecule has 2 aliphatic rings. The SMILES string of the molecule is COc1ccc(S(=O)(=O)N(CCO)CCOC2CC(c3cccc4c3Cc3ccccc3-4)C=C(C(=O)NCCNc3ccc([N+](=O)[O-])cn3)O2)cc1. The van der Waals surface area contributed by atoms with Gasteiger partial charge < -0.3 is 30.0 Å². The average molecular weight is 730 g/mol. The summed E-state index contributed by atoms with van der Waals surface area (Å²) in [5.41, 5.74) is 5.64. The van der Waals surface area contributed by atoms with Crippen LogP contribution >= 0.6 is 0 Å². The molecule has 1 aliphatic heterocycles. The monoisotopic (exact) mass is 729 g/mol. The average Bonchev–Trinajstić information content (AvgIpc) is 3.55. The maximum atomic E-state index is 13.5. The lowest BCUT2D eigenvalue weighted by atomic mass is 9.87. The lowest BCUT2D eigenvalue weighted by Crippen LogP contribution is -2.38. The minimum atomic E-state index is -3.96. The first-order valence-electron chi connectivity index (χ1n) is 16.8. The molecule has 0 radical (unpaired) electrons. The first-order chi connectivity index (χ1) is 25.2. The van der Waals surface area contributed by atoms with Crippen LogP contribution in [0.15, 0.2) is 102 Å². The molecule has 0 bridgehead atoms. The minimum absolute atomic E-state index is 0.0513. The summed E-state index contributed by atoms with van der Waals surface area (Å²) < 4.78 is 45.4. The number of ether oxygens (including phenoxy) is 3. The molecule has 15 heteroatoms. The summed E-state index contributed by atoms with van der Waals surface area (Å²) in [4.78, 5) is 27.9. The second kappa shape index (κ2) is 16.3. The number of aliphatic hydroxyl groups is 1. The lowest BCUT2D eigenvalue weighted by Gasteiger charge is -2.31. The third-order valence-electron chi connectivity index (χ3n) is 8.93. The Morgan fingerprint density at radius 2 is 1.83 bits per heavy atom. The van der Waals surface area contributed by atoms with Gasteiger partial charge in [-0.2, -0.15) is 4.31 Å². The van der Waals surface area contributed by atoms with Crippen LogP contribution in [0, 0.1) is 10.1 Å². The number of amides is 1. The fourth-order valence-corrected chi connectivity index (χ4v) is 7.78. The van der Waals surface area contributed by atoms with E-state index in [2.05, 4.69) is 39.9 Å². The molecule has 2 atom stereocenters. The molecule has 1 aliphatic carbocycles. The molecule has 1 amide bonds. The summed E-state index contributed by atoms with van der Waals surface area (Å²) in [5.74, 6) is 0.295. The largest absolute Gasteiger partial charge is 0.497 e. The van der Waals surface area contributed by atoms with E-state index in [1.807, 2.05) is 18.2 Å². The Hall–Kier alpha value is -5.35. The van der Waals surface area contributed by atoms with Gasteiger partial charge >= 0.3 is 0 Å². The maximum Gasteiger partial charge on any atom is 0.287 e. The number of hydrogen-bond acceptors (Lipinski definition) is 11. The van der Waals surface area contributed by atoms with Crippen LogP contribution in [0.2, 0.25) is 0 Å². The standard InChI is InChI=1S/C37H39N5O9S/c1-49-28-10-12-29(13-11-28)52(47,48)41(17-19-43)18-20-50-36-23-26(31-7-4-8-32-30-6-3-2-5-25(30)21-33(31)32)22-34(51-36)37(44)39-16-15-38-35-14-9-27(24-40-35)42(45)46/h2-14,22,24,26,36,43H,15-21,23H2,1H3,(H,38,40)(H,39,44). The van der Waals surface area contributed by atoms with Crippen molar-refractivity contribution in [3.05, 3.63) is 124 Å². The van der Waals surface area contributed by atoms with Crippen molar-refractivity contribution in [3.8, 4) is 16.9 Å². The Kier molecular flexibility index (Phi) is 11.4. The van der Waals surface area contributed by atoms with Gasteiger partial charge in [-0.25, -0.2) is 13.4 Å². The van der Waals surface area contributed by atoms with Gasteiger partial charge in [0, 0.05) is 44.6 Å². The van der Waals surface area contributed by atoms with Gasteiger partial charge in [-0.1, -0.05) is 42.5 Å². The number of aromatic nitrogens is 1. The number of sulfonamides is 1. The van der Waals surface area contributed by atoms with Gasteiger partial charge in [-0.15, -0.1) is 0 Å². The molecule has 3 aromatic carbocycles. The highest BCUT2D eigenvalue weighted by atomic mass is 32.2. The first kappa shape index (κ1) is 36.4. The highest BCUT2D eigenvalue weighted by molar-refractivity contribution is 7.89. The van der Waals surface area contributed by atoms with E-state index in [-0.39, 0.29) is 55.1 Å². The number of hydrogen-bond donors (Lipinski definition) is 3. The van der Waals surface area contributed by atoms with Crippen molar-refractivity contribution in [1.82, 2.24) is 14.6 Å². The van der Waals surface area contributed by atoms with E-state index in [9.17, 15) is 28.4 Å². The summed E-state index contributed by atoms with van der Waals surface area (Å²) in [7, 11) is -2.47. The number of nitro groups is 1. The van der Waals surface area contributed by atoms with Crippen LogP contribution < -0.4 is 15.4 Å². The van der Waals surface area contributed by atoms with Gasteiger partial charge in [-0.3, -0.25) is 14.9 Å². The van der Waals surface area contributed by atoms with Crippen molar-refractivity contribution in [2.75, 3.05) is 51.8 Å². The topological polar surface area (TPSA) is 182 Å². The fraction of sp³-hybridized carbons (Fsp3) is 0.297. The Labute approximate surface area is 301 Å². The third kappa shape index (κ3) is 8.23. The summed E-state index contributed by atoms with van der Waals surface area (Å²) in [6.45, 7) is -0.166. The zero-order valence-electron chi connectivity index (χ0n) is 28.4. The second-order valence-electron chi connectivity index (χ2n) is 12.1. The molecule has 1 aromatic heterocycles.